The average molecular weight is 452 g/mol. The van der Waals surface area contributed by atoms with Gasteiger partial charge in [-0.2, -0.15) is 4.98 Å². The Morgan fingerprint density at radius 2 is 1.82 bits per heavy atom. The van der Waals surface area contributed by atoms with E-state index in [0.29, 0.717) is 24.5 Å². The van der Waals surface area contributed by atoms with Crippen molar-refractivity contribution in [1.29, 1.82) is 0 Å². The first kappa shape index (κ1) is 22.1. The molecule has 1 aliphatic carbocycles. The van der Waals surface area contributed by atoms with Crippen LogP contribution >= 0.6 is 0 Å². The lowest BCUT2D eigenvalue weighted by Gasteiger charge is -2.32. The molecule has 2 aliphatic heterocycles. The lowest BCUT2D eigenvalue weighted by atomic mass is 9.92. The van der Waals surface area contributed by atoms with Crippen LogP contribution in [0.2, 0.25) is 0 Å². The first-order chi connectivity index (χ1) is 16.0. The summed E-state index contributed by atoms with van der Waals surface area (Å²) in [4.78, 5) is 33.2. The molecule has 0 bridgehead atoms. The summed E-state index contributed by atoms with van der Waals surface area (Å²) in [7, 11) is 0. The van der Waals surface area contributed by atoms with Crippen LogP contribution in [0, 0.1) is 5.41 Å². The number of nitrogens with zero attached hydrogens (tertiary/aromatic N) is 4. The number of carbonyl (C=O) groups excluding carboxylic acids is 1. The van der Waals surface area contributed by atoms with Gasteiger partial charge in [-0.05, 0) is 68.0 Å². The fraction of sp³-hybridized carbons (Fsp3) is 0.542. The number of amides is 2. The largest absolute Gasteiger partial charge is 0.354 e. The first-order valence-electron chi connectivity index (χ1n) is 12.0. The molecule has 2 aromatic rings. The molecule has 33 heavy (non-hydrogen) atoms. The van der Waals surface area contributed by atoms with Crippen molar-refractivity contribution in [3.05, 3.63) is 52.6 Å². The zero-order valence-corrected chi connectivity index (χ0v) is 19.0. The van der Waals surface area contributed by atoms with E-state index < -0.39 is 5.69 Å². The number of aromatic nitrogens is 2. The van der Waals surface area contributed by atoms with Crippen molar-refractivity contribution < 1.29 is 4.79 Å². The number of nitrogens with two attached hydrogens (primary N) is 1. The lowest BCUT2D eigenvalue weighted by molar-refractivity contribution is 0.171. The summed E-state index contributed by atoms with van der Waals surface area (Å²) in [6.07, 6.45) is 6.32. The third-order valence-corrected chi connectivity index (χ3v) is 7.48. The zero-order valence-electron chi connectivity index (χ0n) is 19.0. The molecule has 3 fully saturated rings. The second-order valence-electron chi connectivity index (χ2n) is 9.56. The van der Waals surface area contributed by atoms with Gasteiger partial charge in [0.25, 0.3) is 0 Å². The minimum atomic E-state index is -0.415. The van der Waals surface area contributed by atoms with Crippen LogP contribution < -0.4 is 22.1 Å². The van der Waals surface area contributed by atoms with E-state index in [4.69, 9.17) is 5.73 Å². The highest BCUT2D eigenvalue weighted by Gasteiger charge is 2.52. The van der Waals surface area contributed by atoms with Gasteiger partial charge >= 0.3 is 11.7 Å². The highest BCUT2D eigenvalue weighted by atomic mass is 16.2. The first-order valence-corrected chi connectivity index (χ1v) is 12.0. The van der Waals surface area contributed by atoms with E-state index in [9.17, 15) is 9.59 Å². The second-order valence-corrected chi connectivity index (χ2v) is 9.56. The van der Waals surface area contributed by atoms with Crippen LogP contribution in [-0.4, -0.2) is 77.2 Å². The highest BCUT2D eigenvalue weighted by molar-refractivity contribution is 5.88. The number of hydrogen-bond acceptors (Lipinski definition) is 6. The SMILES string of the molecule is NC1CC12CCN(CCc1ccc(-n3ccc(NC(=O)N4CCNCC4)nc3=O)cc1)CC2. The molecule has 1 atom stereocenters. The number of nitrogens with one attached hydrogen (secondary N) is 2. The van der Waals surface area contributed by atoms with Gasteiger partial charge in [-0.1, -0.05) is 12.1 Å². The minimum absolute atomic E-state index is 0.227. The Hall–Kier alpha value is -2.75. The van der Waals surface area contributed by atoms with E-state index in [1.165, 1.54) is 29.4 Å². The standard InChI is InChI=1S/C24H33N7O2/c25-20-17-24(20)7-13-29(14-8-24)11-5-18-1-3-19(4-2-18)31-12-6-21(28-23(31)33)27-22(32)30-15-9-26-10-16-30/h1-4,6,12,20,26H,5,7-11,13-17,25H2,(H,27,28,32,33). The molecule has 0 radical (unpaired) electrons. The Morgan fingerprint density at radius 3 is 2.45 bits per heavy atom. The summed E-state index contributed by atoms with van der Waals surface area (Å²) in [5, 5.41) is 5.93. The van der Waals surface area contributed by atoms with Gasteiger partial charge in [0.05, 0.1) is 5.69 Å². The molecule has 1 saturated carbocycles. The second kappa shape index (κ2) is 9.24. The number of piperidine rings is 1. The lowest BCUT2D eigenvalue weighted by Crippen LogP contribution is -2.48. The number of piperazine rings is 1. The number of hydrogen-bond donors (Lipinski definition) is 3. The molecule has 1 unspecified atom stereocenters. The minimum Gasteiger partial charge on any atom is -0.327 e. The van der Waals surface area contributed by atoms with Crippen LogP contribution in [0.15, 0.2) is 41.3 Å². The van der Waals surface area contributed by atoms with Crippen molar-refractivity contribution in [3.63, 3.8) is 0 Å². The average Bonchev–Trinajstić information content (AvgIpc) is 3.47. The quantitative estimate of drug-likeness (QED) is 0.627. The summed E-state index contributed by atoms with van der Waals surface area (Å²) in [6.45, 7) is 6.16. The van der Waals surface area contributed by atoms with E-state index in [1.54, 1.807) is 17.2 Å². The van der Waals surface area contributed by atoms with Crippen LogP contribution in [0.25, 0.3) is 5.69 Å². The van der Waals surface area contributed by atoms with Crippen LogP contribution in [0.4, 0.5) is 10.6 Å². The van der Waals surface area contributed by atoms with E-state index in [-0.39, 0.29) is 11.8 Å². The van der Waals surface area contributed by atoms with Gasteiger partial charge in [0.1, 0.15) is 5.82 Å². The predicted molar refractivity (Wildman–Crippen MR) is 128 cm³/mol. The molecule has 1 aromatic carbocycles. The smallest absolute Gasteiger partial charge is 0.327 e. The van der Waals surface area contributed by atoms with E-state index in [0.717, 1.165) is 44.8 Å². The Morgan fingerprint density at radius 1 is 1.12 bits per heavy atom. The van der Waals surface area contributed by atoms with Gasteiger partial charge in [0, 0.05) is 45.0 Å². The molecule has 1 aromatic heterocycles. The Labute approximate surface area is 194 Å². The van der Waals surface area contributed by atoms with E-state index in [1.807, 2.05) is 12.1 Å². The number of rotatable bonds is 5. The number of urea groups is 1. The molecule has 2 amide bonds. The van der Waals surface area contributed by atoms with Crippen molar-refractivity contribution in [2.45, 2.75) is 31.7 Å². The normalized spacial score (nSPS) is 22.3. The molecule has 176 valence electrons. The van der Waals surface area contributed by atoms with Gasteiger partial charge in [0.2, 0.25) is 0 Å². The van der Waals surface area contributed by atoms with Crippen molar-refractivity contribution >= 4 is 11.8 Å². The molecule has 9 nitrogen and oxygen atoms in total. The number of carbonyl (C=O) groups is 1. The van der Waals surface area contributed by atoms with Crippen molar-refractivity contribution in [2.75, 3.05) is 51.1 Å². The zero-order chi connectivity index (χ0) is 22.8. The summed E-state index contributed by atoms with van der Waals surface area (Å²) in [5.74, 6) is 0.270. The van der Waals surface area contributed by atoms with Crippen molar-refractivity contribution in [3.8, 4) is 5.69 Å². The number of benzene rings is 1. The monoisotopic (exact) mass is 451 g/mol. The maximum atomic E-state index is 12.6. The van der Waals surface area contributed by atoms with Crippen molar-refractivity contribution in [1.82, 2.24) is 24.7 Å². The molecular formula is C24H33N7O2. The molecule has 1 spiro atoms. The van der Waals surface area contributed by atoms with Crippen LogP contribution in [-0.2, 0) is 6.42 Å². The third kappa shape index (κ3) is 4.95. The van der Waals surface area contributed by atoms with Gasteiger partial charge in [-0.15, -0.1) is 0 Å². The molecule has 2 saturated heterocycles. The van der Waals surface area contributed by atoms with Crippen LogP contribution in [0.1, 0.15) is 24.8 Å². The fourth-order valence-corrected chi connectivity index (χ4v) is 5.01. The third-order valence-electron chi connectivity index (χ3n) is 7.48. The topological polar surface area (TPSA) is 109 Å². The fourth-order valence-electron chi connectivity index (χ4n) is 5.01. The van der Waals surface area contributed by atoms with Gasteiger partial charge < -0.3 is 20.9 Å². The number of likely N-dealkylation sites (tertiary alicyclic amines) is 1. The summed E-state index contributed by atoms with van der Waals surface area (Å²) >= 11 is 0. The van der Waals surface area contributed by atoms with Crippen molar-refractivity contribution in [2.24, 2.45) is 11.1 Å². The van der Waals surface area contributed by atoms with Crippen LogP contribution in [0.3, 0.4) is 0 Å². The highest BCUT2D eigenvalue weighted by Crippen LogP contribution is 2.52. The number of anilines is 1. The molecule has 9 heteroatoms. The van der Waals surface area contributed by atoms with Crippen LogP contribution in [0.5, 0.6) is 0 Å². The summed E-state index contributed by atoms with van der Waals surface area (Å²) in [6, 6.07) is 9.91. The Kier molecular flexibility index (Phi) is 6.18. The Balaban J connectivity index is 1.15. The van der Waals surface area contributed by atoms with E-state index in [2.05, 4.69) is 32.7 Å². The Bertz CT molecular complexity index is 1040. The summed E-state index contributed by atoms with van der Waals surface area (Å²) in [5.41, 5.74) is 8.17. The molecule has 4 N–H and O–H groups in total. The van der Waals surface area contributed by atoms with Gasteiger partial charge in [0.15, 0.2) is 0 Å². The molecule has 3 heterocycles. The van der Waals surface area contributed by atoms with Gasteiger partial charge in [-0.25, -0.2) is 9.59 Å². The molecule has 3 aliphatic rings. The maximum Gasteiger partial charge on any atom is 0.354 e. The van der Waals surface area contributed by atoms with E-state index >= 15 is 0 Å². The maximum absolute atomic E-state index is 12.6. The summed E-state index contributed by atoms with van der Waals surface area (Å²) < 4.78 is 1.49. The van der Waals surface area contributed by atoms with Gasteiger partial charge in [-0.3, -0.25) is 9.88 Å². The molecular weight excluding hydrogens is 418 g/mol. The molecule has 5 rings (SSSR count). The predicted octanol–water partition coefficient (Wildman–Crippen LogP) is 1.03.